The quantitative estimate of drug-likeness (QED) is 0.790. The van der Waals surface area contributed by atoms with Crippen LogP contribution in [0.3, 0.4) is 0 Å². The van der Waals surface area contributed by atoms with Crippen LogP contribution in [0.15, 0.2) is 18.2 Å². The largest absolute Gasteiger partial charge is 0.390 e. The van der Waals surface area contributed by atoms with Crippen molar-refractivity contribution in [1.82, 2.24) is 0 Å². The first-order valence-corrected chi connectivity index (χ1v) is 4.97. The molecule has 0 radical (unpaired) electrons. The average molecular weight is 238 g/mol. The van der Waals surface area contributed by atoms with Crippen molar-refractivity contribution in [2.45, 2.75) is 6.10 Å². The molecule has 0 aromatic heterocycles. The molecule has 2 nitrogen and oxygen atoms in total. The molecule has 0 saturated carbocycles. The van der Waals surface area contributed by atoms with Gasteiger partial charge < -0.3 is 10.4 Å². The highest BCUT2D eigenvalue weighted by Gasteiger charge is 2.04. The maximum Gasteiger partial charge on any atom is 0.125 e. The zero-order valence-corrected chi connectivity index (χ0v) is 8.82. The summed E-state index contributed by atoms with van der Waals surface area (Å²) in [5.41, 5.74) is 0.454. The molecule has 0 aliphatic carbocycles. The van der Waals surface area contributed by atoms with Crippen LogP contribution in [0, 0.1) is 5.82 Å². The Bertz CT molecular complexity index is 309. The van der Waals surface area contributed by atoms with Gasteiger partial charge in [0.1, 0.15) is 5.82 Å². The lowest BCUT2D eigenvalue weighted by Crippen LogP contribution is -2.20. The second-order valence-electron chi connectivity index (χ2n) is 2.81. The Hall–Kier alpha value is -0.510. The number of anilines is 1. The Morgan fingerprint density at radius 3 is 2.86 bits per heavy atom. The summed E-state index contributed by atoms with van der Waals surface area (Å²) >= 11 is 11.2. The molecule has 0 aliphatic heterocycles. The number of aliphatic hydroxyl groups is 1. The molecular formula is C9H10Cl2FNO. The minimum atomic E-state index is -0.670. The van der Waals surface area contributed by atoms with E-state index in [1.54, 1.807) is 0 Å². The number of hydrogen-bond acceptors (Lipinski definition) is 2. The molecule has 0 spiro atoms. The fraction of sp³-hybridized carbons (Fsp3) is 0.333. The third-order valence-electron chi connectivity index (χ3n) is 1.63. The Morgan fingerprint density at radius 2 is 2.21 bits per heavy atom. The normalized spacial score (nSPS) is 12.6. The summed E-state index contributed by atoms with van der Waals surface area (Å²) in [4.78, 5) is 0. The number of hydrogen-bond donors (Lipinski definition) is 2. The number of alkyl halides is 1. The third kappa shape index (κ3) is 3.33. The summed E-state index contributed by atoms with van der Waals surface area (Å²) < 4.78 is 12.8. The van der Waals surface area contributed by atoms with Crippen molar-refractivity contribution in [1.29, 1.82) is 0 Å². The van der Waals surface area contributed by atoms with Gasteiger partial charge in [0.05, 0.1) is 22.7 Å². The van der Waals surface area contributed by atoms with Gasteiger partial charge in [0, 0.05) is 6.54 Å². The minimum absolute atomic E-state index is 0.125. The maximum absolute atomic E-state index is 12.8. The van der Waals surface area contributed by atoms with Gasteiger partial charge in [-0.25, -0.2) is 4.39 Å². The third-order valence-corrected chi connectivity index (χ3v) is 2.32. The minimum Gasteiger partial charge on any atom is -0.390 e. The van der Waals surface area contributed by atoms with E-state index in [2.05, 4.69) is 5.32 Å². The number of rotatable bonds is 4. The van der Waals surface area contributed by atoms with E-state index < -0.39 is 6.10 Å². The van der Waals surface area contributed by atoms with Gasteiger partial charge in [-0.3, -0.25) is 0 Å². The fourth-order valence-electron chi connectivity index (χ4n) is 0.915. The topological polar surface area (TPSA) is 32.3 Å². The van der Waals surface area contributed by atoms with Gasteiger partial charge in [0.15, 0.2) is 0 Å². The highest BCUT2D eigenvalue weighted by molar-refractivity contribution is 6.33. The van der Waals surface area contributed by atoms with E-state index in [0.717, 1.165) is 0 Å². The number of aliphatic hydroxyl groups excluding tert-OH is 1. The molecule has 1 rings (SSSR count). The first-order chi connectivity index (χ1) is 6.63. The lowest BCUT2D eigenvalue weighted by molar-refractivity contribution is 0.211. The Kier molecular flexibility index (Phi) is 4.45. The van der Waals surface area contributed by atoms with Crippen molar-refractivity contribution >= 4 is 28.9 Å². The first kappa shape index (κ1) is 11.6. The molecule has 1 aromatic carbocycles. The highest BCUT2D eigenvalue weighted by Crippen LogP contribution is 2.22. The standard InChI is InChI=1S/C9H10Cl2FNO/c10-4-7(14)5-13-9-3-6(12)1-2-8(9)11/h1-3,7,13-14H,4-5H2. The molecule has 1 atom stereocenters. The molecular weight excluding hydrogens is 228 g/mol. The van der Waals surface area contributed by atoms with Crippen LogP contribution in [-0.4, -0.2) is 23.6 Å². The number of nitrogens with one attached hydrogen (secondary N) is 1. The zero-order chi connectivity index (χ0) is 10.6. The van der Waals surface area contributed by atoms with E-state index in [1.807, 2.05) is 0 Å². The summed E-state index contributed by atoms with van der Waals surface area (Å²) in [6, 6.07) is 3.99. The average Bonchev–Trinajstić information content (AvgIpc) is 2.19. The van der Waals surface area contributed by atoms with Crippen molar-refractivity contribution in [3.8, 4) is 0 Å². The molecule has 2 N–H and O–H groups in total. The van der Waals surface area contributed by atoms with Gasteiger partial charge in [-0.1, -0.05) is 11.6 Å². The van der Waals surface area contributed by atoms with Crippen molar-refractivity contribution in [2.75, 3.05) is 17.7 Å². The van der Waals surface area contributed by atoms with Crippen molar-refractivity contribution < 1.29 is 9.50 Å². The van der Waals surface area contributed by atoms with Crippen LogP contribution in [0.1, 0.15) is 0 Å². The van der Waals surface area contributed by atoms with Crippen LogP contribution in [0.2, 0.25) is 5.02 Å². The lowest BCUT2D eigenvalue weighted by atomic mass is 10.3. The van der Waals surface area contributed by atoms with Gasteiger partial charge in [-0.05, 0) is 18.2 Å². The Labute approximate surface area is 91.6 Å². The van der Waals surface area contributed by atoms with Gasteiger partial charge in [-0.15, -0.1) is 11.6 Å². The molecule has 0 amide bonds. The summed E-state index contributed by atoms with van der Waals surface area (Å²) in [7, 11) is 0. The predicted molar refractivity (Wildman–Crippen MR) is 56.6 cm³/mol. The van der Waals surface area contributed by atoms with Gasteiger partial charge in [0.25, 0.3) is 0 Å². The van der Waals surface area contributed by atoms with Crippen molar-refractivity contribution in [2.24, 2.45) is 0 Å². The molecule has 78 valence electrons. The van der Waals surface area contributed by atoms with E-state index in [0.29, 0.717) is 10.7 Å². The smallest absolute Gasteiger partial charge is 0.125 e. The molecule has 14 heavy (non-hydrogen) atoms. The van der Waals surface area contributed by atoms with E-state index in [1.165, 1.54) is 18.2 Å². The number of benzene rings is 1. The van der Waals surface area contributed by atoms with E-state index >= 15 is 0 Å². The monoisotopic (exact) mass is 237 g/mol. The van der Waals surface area contributed by atoms with Crippen LogP contribution < -0.4 is 5.32 Å². The lowest BCUT2D eigenvalue weighted by Gasteiger charge is -2.11. The zero-order valence-electron chi connectivity index (χ0n) is 7.30. The maximum atomic E-state index is 12.8. The molecule has 1 aromatic rings. The molecule has 0 fully saturated rings. The fourth-order valence-corrected chi connectivity index (χ4v) is 1.21. The van der Waals surface area contributed by atoms with Crippen LogP contribution in [0.25, 0.3) is 0 Å². The summed E-state index contributed by atoms with van der Waals surface area (Å²) in [6.07, 6.45) is -0.670. The second-order valence-corrected chi connectivity index (χ2v) is 3.53. The molecule has 0 aliphatic rings. The Balaban J connectivity index is 2.62. The second kappa shape index (κ2) is 5.39. The SMILES string of the molecule is OC(CCl)CNc1cc(F)ccc1Cl. The number of halogens is 3. The van der Waals surface area contributed by atoms with Crippen molar-refractivity contribution in [3.05, 3.63) is 29.0 Å². The van der Waals surface area contributed by atoms with Crippen molar-refractivity contribution in [3.63, 3.8) is 0 Å². The first-order valence-electron chi connectivity index (χ1n) is 4.06. The van der Waals surface area contributed by atoms with E-state index in [-0.39, 0.29) is 18.2 Å². The van der Waals surface area contributed by atoms with Crippen LogP contribution in [0.4, 0.5) is 10.1 Å². The molecule has 0 heterocycles. The van der Waals surface area contributed by atoms with Gasteiger partial charge in [-0.2, -0.15) is 0 Å². The Morgan fingerprint density at radius 1 is 1.50 bits per heavy atom. The molecule has 1 unspecified atom stereocenters. The van der Waals surface area contributed by atoms with Gasteiger partial charge >= 0.3 is 0 Å². The van der Waals surface area contributed by atoms with Gasteiger partial charge in [0.2, 0.25) is 0 Å². The molecule has 0 saturated heterocycles. The van der Waals surface area contributed by atoms with Crippen LogP contribution in [-0.2, 0) is 0 Å². The highest BCUT2D eigenvalue weighted by atomic mass is 35.5. The summed E-state index contributed by atoms with van der Waals surface area (Å²) in [5.74, 6) is -0.253. The summed E-state index contributed by atoms with van der Waals surface area (Å²) in [5, 5.41) is 12.4. The molecule has 0 bridgehead atoms. The van der Waals surface area contributed by atoms with E-state index in [4.69, 9.17) is 28.3 Å². The van der Waals surface area contributed by atoms with Crippen LogP contribution in [0.5, 0.6) is 0 Å². The van der Waals surface area contributed by atoms with Crippen LogP contribution >= 0.6 is 23.2 Å². The molecule has 5 heteroatoms. The predicted octanol–water partition coefficient (Wildman–Crippen LogP) is 2.49. The summed E-state index contributed by atoms with van der Waals surface area (Å²) in [6.45, 7) is 0.243. The van der Waals surface area contributed by atoms with E-state index in [9.17, 15) is 4.39 Å².